The molecule has 8 heteroatoms. The Morgan fingerprint density at radius 2 is 2.05 bits per heavy atom. The number of nitrogens with zero attached hydrogens (tertiary/aromatic N) is 4. The molecule has 1 aromatic heterocycles. The average Bonchev–Trinajstić information content (AvgIpc) is 2.98. The summed E-state index contributed by atoms with van der Waals surface area (Å²) in [5.74, 6) is 0.00781. The van der Waals surface area contributed by atoms with Crippen molar-refractivity contribution in [2.45, 2.75) is 19.8 Å². The van der Waals surface area contributed by atoms with Crippen LogP contribution in [0.5, 0.6) is 5.75 Å². The van der Waals surface area contributed by atoms with Crippen molar-refractivity contribution in [2.75, 3.05) is 6.54 Å². The minimum atomic E-state index is -0.337. The third kappa shape index (κ3) is 4.68. The first-order valence-corrected chi connectivity index (χ1v) is 6.43. The number of ether oxygens (including phenoxy) is 1. The van der Waals surface area contributed by atoms with Crippen molar-refractivity contribution >= 4 is 11.9 Å². The van der Waals surface area contributed by atoms with E-state index >= 15 is 0 Å². The lowest BCUT2D eigenvalue weighted by atomic mass is 10.3. The Morgan fingerprint density at radius 3 is 2.67 bits per heavy atom. The Labute approximate surface area is 121 Å². The zero-order valence-corrected chi connectivity index (χ0v) is 11.5. The quantitative estimate of drug-likeness (QED) is 0.472. The van der Waals surface area contributed by atoms with Crippen LogP contribution in [0.15, 0.2) is 30.6 Å². The summed E-state index contributed by atoms with van der Waals surface area (Å²) in [5, 5.41) is 13.5. The molecule has 0 aliphatic carbocycles. The maximum atomic E-state index is 11.6. The predicted molar refractivity (Wildman–Crippen MR) is 72.7 cm³/mol. The van der Waals surface area contributed by atoms with Crippen LogP contribution < -0.4 is 10.1 Å². The third-order valence-corrected chi connectivity index (χ3v) is 2.61. The van der Waals surface area contributed by atoms with Crippen molar-refractivity contribution in [3.05, 3.63) is 30.6 Å². The van der Waals surface area contributed by atoms with Gasteiger partial charge in [-0.1, -0.05) is 0 Å². The van der Waals surface area contributed by atoms with Gasteiger partial charge in [0.2, 0.25) is 5.91 Å². The van der Waals surface area contributed by atoms with E-state index in [4.69, 9.17) is 4.74 Å². The van der Waals surface area contributed by atoms with Gasteiger partial charge in [0.1, 0.15) is 12.1 Å². The van der Waals surface area contributed by atoms with Gasteiger partial charge < -0.3 is 10.1 Å². The van der Waals surface area contributed by atoms with Gasteiger partial charge in [-0.05, 0) is 41.1 Å². The van der Waals surface area contributed by atoms with Gasteiger partial charge >= 0.3 is 5.97 Å². The summed E-state index contributed by atoms with van der Waals surface area (Å²) < 4.78 is 6.68. The first-order chi connectivity index (χ1) is 10.1. The first-order valence-electron chi connectivity index (χ1n) is 6.43. The van der Waals surface area contributed by atoms with Gasteiger partial charge in [0.25, 0.3) is 0 Å². The lowest BCUT2D eigenvalue weighted by Gasteiger charge is -2.05. The van der Waals surface area contributed by atoms with E-state index in [9.17, 15) is 9.59 Å². The lowest BCUT2D eigenvalue weighted by molar-refractivity contribution is -0.134. The summed E-state index contributed by atoms with van der Waals surface area (Å²) in [4.78, 5) is 22.3. The number of hydrogen-bond donors (Lipinski definition) is 1. The number of carbonyl (C=O) groups excluding carboxylic acids is 2. The molecule has 0 fully saturated rings. The normalized spacial score (nSPS) is 10.1. The largest absolute Gasteiger partial charge is 0.427 e. The second kappa shape index (κ2) is 7.13. The molecule has 0 aliphatic rings. The molecule has 1 aromatic carbocycles. The Morgan fingerprint density at radius 1 is 1.29 bits per heavy atom. The Kier molecular flexibility index (Phi) is 4.97. The van der Waals surface area contributed by atoms with Gasteiger partial charge in [0.05, 0.1) is 5.69 Å². The fraction of sp³-hybridized carbons (Fsp3) is 0.308. The molecule has 1 N–H and O–H groups in total. The van der Waals surface area contributed by atoms with Gasteiger partial charge in [-0.25, -0.2) is 4.68 Å². The molecular formula is C13H15N5O3. The molecule has 1 heterocycles. The molecule has 0 radical (unpaired) electrons. The van der Waals surface area contributed by atoms with E-state index in [2.05, 4.69) is 20.8 Å². The molecule has 0 spiro atoms. The van der Waals surface area contributed by atoms with Crippen molar-refractivity contribution in [2.24, 2.45) is 0 Å². The molecule has 2 rings (SSSR count). The van der Waals surface area contributed by atoms with Crippen LogP contribution in [0.1, 0.15) is 19.8 Å². The second-order valence-corrected chi connectivity index (χ2v) is 4.31. The minimum Gasteiger partial charge on any atom is -0.427 e. The number of rotatable bonds is 6. The van der Waals surface area contributed by atoms with Crippen LogP contribution in [-0.2, 0) is 9.59 Å². The highest BCUT2D eigenvalue weighted by Gasteiger charge is 2.05. The zero-order valence-electron chi connectivity index (χ0n) is 11.5. The van der Waals surface area contributed by atoms with Crippen molar-refractivity contribution < 1.29 is 14.3 Å². The molecule has 0 aliphatic heterocycles. The third-order valence-electron chi connectivity index (χ3n) is 2.61. The van der Waals surface area contributed by atoms with Gasteiger partial charge in [0.15, 0.2) is 0 Å². The maximum absolute atomic E-state index is 11.6. The monoisotopic (exact) mass is 289 g/mol. The number of nitrogens with one attached hydrogen (secondary N) is 1. The molecule has 110 valence electrons. The SMILES string of the molecule is CC(=O)NCCCC(=O)Oc1ccc(-n2cnnn2)cc1. The fourth-order valence-electron chi connectivity index (χ4n) is 1.63. The molecule has 8 nitrogen and oxygen atoms in total. The van der Waals surface area contributed by atoms with E-state index in [1.807, 2.05) is 0 Å². The van der Waals surface area contributed by atoms with Crippen LogP contribution in [0, 0.1) is 0 Å². The van der Waals surface area contributed by atoms with Crippen LogP contribution >= 0.6 is 0 Å². The Bertz CT molecular complexity index is 595. The number of amides is 1. The highest BCUT2D eigenvalue weighted by atomic mass is 16.5. The summed E-state index contributed by atoms with van der Waals surface area (Å²) in [6, 6.07) is 6.83. The second-order valence-electron chi connectivity index (χ2n) is 4.31. The number of tetrazole rings is 1. The molecule has 21 heavy (non-hydrogen) atoms. The molecular weight excluding hydrogens is 274 g/mol. The van der Waals surface area contributed by atoms with Gasteiger partial charge in [-0.3, -0.25) is 9.59 Å². The van der Waals surface area contributed by atoms with Gasteiger partial charge in [-0.2, -0.15) is 0 Å². The Hall–Kier alpha value is -2.77. The van der Waals surface area contributed by atoms with Crippen LogP contribution in [0.2, 0.25) is 0 Å². The molecule has 0 saturated heterocycles. The summed E-state index contributed by atoms with van der Waals surface area (Å²) in [5.41, 5.74) is 0.769. The van der Waals surface area contributed by atoms with Gasteiger partial charge in [0, 0.05) is 19.9 Å². The van der Waals surface area contributed by atoms with E-state index in [0.29, 0.717) is 18.7 Å². The highest BCUT2D eigenvalue weighted by molar-refractivity contribution is 5.73. The molecule has 0 saturated carbocycles. The van der Waals surface area contributed by atoms with E-state index in [1.54, 1.807) is 24.3 Å². The average molecular weight is 289 g/mol. The number of aromatic nitrogens is 4. The van der Waals surface area contributed by atoms with Crippen LogP contribution in [0.25, 0.3) is 5.69 Å². The molecule has 0 bridgehead atoms. The minimum absolute atomic E-state index is 0.110. The van der Waals surface area contributed by atoms with Crippen LogP contribution in [-0.4, -0.2) is 38.6 Å². The molecule has 0 unspecified atom stereocenters. The van der Waals surface area contributed by atoms with Crippen molar-refractivity contribution in [3.8, 4) is 11.4 Å². The lowest BCUT2D eigenvalue weighted by Crippen LogP contribution is -2.22. The van der Waals surface area contributed by atoms with Crippen LogP contribution in [0.4, 0.5) is 0 Å². The highest BCUT2D eigenvalue weighted by Crippen LogP contribution is 2.14. The van der Waals surface area contributed by atoms with E-state index in [-0.39, 0.29) is 18.3 Å². The topological polar surface area (TPSA) is 99.0 Å². The molecule has 1 amide bonds. The number of esters is 1. The first kappa shape index (κ1) is 14.6. The van der Waals surface area contributed by atoms with Crippen molar-refractivity contribution in [3.63, 3.8) is 0 Å². The standard InChI is InChI=1S/C13H15N5O3/c1-10(19)14-8-2-3-13(20)21-12-6-4-11(5-7-12)18-9-15-16-17-18/h4-7,9H,2-3,8H2,1H3,(H,14,19). The van der Waals surface area contributed by atoms with E-state index < -0.39 is 0 Å². The van der Waals surface area contributed by atoms with E-state index in [0.717, 1.165) is 5.69 Å². The van der Waals surface area contributed by atoms with Crippen molar-refractivity contribution in [1.29, 1.82) is 0 Å². The molecule has 0 atom stereocenters. The van der Waals surface area contributed by atoms with Crippen molar-refractivity contribution in [1.82, 2.24) is 25.5 Å². The number of hydrogen-bond acceptors (Lipinski definition) is 6. The molecule has 2 aromatic rings. The Balaban J connectivity index is 1.80. The van der Waals surface area contributed by atoms with Crippen LogP contribution in [0.3, 0.4) is 0 Å². The summed E-state index contributed by atoms with van der Waals surface area (Å²) in [6.07, 6.45) is 2.26. The number of carbonyl (C=O) groups is 2. The zero-order chi connectivity index (χ0) is 15.1. The fourth-order valence-corrected chi connectivity index (χ4v) is 1.63. The predicted octanol–water partition coefficient (Wildman–Crippen LogP) is 0.484. The number of benzene rings is 1. The summed E-state index contributed by atoms with van der Waals surface area (Å²) >= 11 is 0. The van der Waals surface area contributed by atoms with Gasteiger partial charge in [-0.15, -0.1) is 5.10 Å². The van der Waals surface area contributed by atoms with E-state index in [1.165, 1.54) is 17.9 Å². The summed E-state index contributed by atoms with van der Waals surface area (Å²) in [7, 11) is 0. The maximum Gasteiger partial charge on any atom is 0.311 e. The summed E-state index contributed by atoms with van der Waals surface area (Å²) in [6.45, 7) is 1.90. The smallest absolute Gasteiger partial charge is 0.311 e.